The van der Waals surface area contributed by atoms with Gasteiger partial charge in [0.1, 0.15) is 5.82 Å². The maximum Gasteiger partial charge on any atom is 0.299 e. The van der Waals surface area contributed by atoms with E-state index in [1.54, 1.807) is 6.92 Å². The van der Waals surface area contributed by atoms with Crippen molar-refractivity contribution in [2.75, 3.05) is 17.0 Å². The highest BCUT2D eigenvalue weighted by molar-refractivity contribution is 7.90. The molecule has 1 aromatic carbocycles. The molecule has 0 fully saturated rings. The van der Waals surface area contributed by atoms with E-state index in [1.807, 2.05) is 4.72 Å². The molecule has 0 saturated carbocycles. The van der Waals surface area contributed by atoms with Gasteiger partial charge in [-0.15, -0.1) is 0 Å². The van der Waals surface area contributed by atoms with Crippen LogP contribution < -0.4 is 15.2 Å². The first kappa shape index (κ1) is 11.7. The third-order valence-electron chi connectivity index (χ3n) is 1.57. The molecule has 0 amide bonds. The molecule has 0 atom stereocenters. The molecule has 1 rings (SSSR count). The molecule has 0 unspecified atom stereocenters. The van der Waals surface area contributed by atoms with Crippen molar-refractivity contribution >= 4 is 21.6 Å². The van der Waals surface area contributed by atoms with Crippen LogP contribution in [0.2, 0.25) is 0 Å². The van der Waals surface area contributed by atoms with Crippen LogP contribution in [0.4, 0.5) is 15.8 Å². The summed E-state index contributed by atoms with van der Waals surface area (Å²) in [5.74, 6) is -0.675. The first-order chi connectivity index (χ1) is 6.94. The van der Waals surface area contributed by atoms with E-state index in [-0.39, 0.29) is 17.9 Å². The summed E-state index contributed by atoms with van der Waals surface area (Å²) in [6.45, 7) is 1.84. The maximum atomic E-state index is 13.1. The van der Waals surface area contributed by atoms with E-state index in [0.29, 0.717) is 0 Å². The number of hydrogen-bond donors (Lipinski definition) is 3. The number of benzene rings is 1. The molecule has 5 nitrogen and oxygen atoms in total. The molecule has 0 aliphatic carbocycles. The zero-order valence-corrected chi connectivity index (χ0v) is 8.94. The number of hydrogen-bond acceptors (Lipinski definition) is 3. The van der Waals surface area contributed by atoms with Crippen molar-refractivity contribution in [3.8, 4) is 0 Å². The van der Waals surface area contributed by atoms with Crippen molar-refractivity contribution in [3.05, 3.63) is 24.0 Å². The molecule has 84 valence electrons. The molecule has 0 heterocycles. The molecule has 0 spiro atoms. The van der Waals surface area contributed by atoms with E-state index in [1.165, 1.54) is 12.1 Å². The lowest BCUT2D eigenvalue weighted by atomic mass is 10.3. The van der Waals surface area contributed by atoms with Gasteiger partial charge >= 0.3 is 0 Å². The van der Waals surface area contributed by atoms with Crippen molar-refractivity contribution in [1.82, 2.24) is 4.72 Å². The second-order valence-corrected chi connectivity index (χ2v) is 4.34. The van der Waals surface area contributed by atoms with Gasteiger partial charge in [-0.25, -0.2) is 4.39 Å². The number of halogens is 1. The van der Waals surface area contributed by atoms with Crippen molar-refractivity contribution in [1.29, 1.82) is 0 Å². The van der Waals surface area contributed by atoms with Gasteiger partial charge in [0.15, 0.2) is 0 Å². The highest BCUT2D eigenvalue weighted by Crippen LogP contribution is 2.18. The highest BCUT2D eigenvalue weighted by Gasteiger charge is 2.11. The Labute approximate surface area is 87.7 Å². The van der Waals surface area contributed by atoms with Crippen LogP contribution in [0.5, 0.6) is 0 Å². The Balaban J connectivity index is 2.94. The van der Waals surface area contributed by atoms with Gasteiger partial charge in [0.05, 0.1) is 5.69 Å². The van der Waals surface area contributed by atoms with Gasteiger partial charge in [0.25, 0.3) is 10.2 Å². The summed E-state index contributed by atoms with van der Waals surface area (Å²) in [4.78, 5) is 0. The first-order valence-corrected chi connectivity index (χ1v) is 5.75. The van der Waals surface area contributed by atoms with Gasteiger partial charge in [-0.3, -0.25) is 4.72 Å². The van der Waals surface area contributed by atoms with Crippen molar-refractivity contribution in [2.45, 2.75) is 6.92 Å². The molecular formula is C8H12FN3O2S. The van der Waals surface area contributed by atoms with Crippen LogP contribution in [0.25, 0.3) is 0 Å². The molecule has 1 aromatic rings. The second-order valence-electron chi connectivity index (χ2n) is 2.84. The average molecular weight is 233 g/mol. The fraction of sp³-hybridized carbons (Fsp3) is 0.250. The Morgan fingerprint density at radius 3 is 2.73 bits per heavy atom. The molecule has 0 aliphatic rings. The minimum atomic E-state index is -3.72. The molecule has 15 heavy (non-hydrogen) atoms. The van der Waals surface area contributed by atoms with Gasteiger partial charge in [-0.2, -0.15) is 13.1 Å². The molecule has 0 aliphatic heterocycles. The predicted octanol–water partition coefficient (Wildman–Crippen LogP) is 0.674. The van der Waals surface area contributed by atoms with Crippen LogP contribution in [-0.4, -0.2) is 15.0 Å². The summed E-state index contributed by atoms with van der Waals surface area (Å²) >= 11 is 0. The van der Waals surface area contributed by atoms with Crippen LogP contribution in [0.1, 0.15) is 6.92 Å². The zero-order chi connectivity index (χ0) is 11.5. The van der Waals surface area contributed by atoms with E-state index in [2.05, 4.69) is 4.72 Å². The number of nitrogens with two attached hydrogens (primary N) is 1. The topological polar surface area (TPSA) is 84.2 Å². The summed E-state index contributed by atoms with van der Waals surface area (Å²) in [5, 5.41) is 0. The molecule has 4 N–H and O–H groups in total. The number of rotatable bonds is 4. The van der Waals surface area contributed by atoms with E-state index in [0.717, 1.165) is 6.07 Å². The zero-order valence-electron chi connectivity index (χ0n) is 8.12. The maximum absolute atomic E-state index is 13.1. The van der Waals surface area contributed by atoms with Crippen LogP contribution in [-0.2, 0) is 10.2 Å². The number of nitrogen functional groups attached to an aromatic ring is 1. The summed E-state index contributed by atoms with van der Waals surface area (Å²) in [6, 6.07) is 3.66. The van der Waals surface area contributed by atoms with Crippen molar-refractivity contribution in [3.63, 3.8) is 0 Å². The van der Waals surface area contributed by atoms with Gasteiger partial charge in [-0.05, 0) is 18.2 Å². The summed E-state index contributed by atoms with van der Waals surface area (Å²) < 4.78 is 39.8. The largest absolute Gasteiger partial charge is 0.399 e. The lowest BCUT2D eigenvalue weighted by molar-refractivity contribution is 0.587. The van der Waals surface area contributed by atoms with E-state index >= 15 is 0 Å². The molecule has 0 saturated heterocycles. The standard InChI is InChI=1S/C8H12FN3O2S/c1-2-11-15(13,14)12-8-5-6(10)3-4-7(8)9/h3-5,11-12H,2,10H2,1H3. The smallest absolute Gasteiger partial charge is 0.299 e. The van der Waals surface area contributed by atoms with Gasteiger partial charge in [0, 0.05) is 12.2 Å². The second kappa shape index (κ2) is 4.45. The van der Waals surface area contributed by atoms with E-state index in [4.69, 9.17) is 5.73 Å². The lowest BCUT2D eigenvalue weighted by Gasteiger charge is -2.09. The average Bonchev–Trinajstić information content (AvgIpc) is 2.10. The van der Waals surface area contributed by atoms with E-state index < -0.39 is 16.0 Å². The molecule has 0 aromatic heterocycles. The highest BCUT2D eigenvalue weighted by atomic mass is 32.2. The Morgan fingerprint density at radius 2 is 2.13 bits per heavy atom. The molecular weight excluding hydrogens is 221 g/mol. The van der Waals surface area contributed by atoms with Crippen LogP contribution in [0.3, 0.4) is 0 Å². The molecule has 0 bridgehead atoms. The predicted molar refractivity (Wildman–Crippen MR) is 57.0 cm³/mol. The Morgan fingerprint density at radius 1 is 1.47 bits per heavy atom. The fourth-order valence-electron chi connectivity index (χ4n) is 0.992. The number of anilines is 2. The Bertz CT molecular complexity index is 447. The summed E-state index contributed by atoms with van der Waals surface area (Å²) in [7, 11) is -3.72. The minimum Gasteiger partial charge on any atom is -0.399 e. The van der Waals surface area contributed by atoms with Crippen molar-refractivity contribution in [2.24, 2.45) is 0 Å². The van der Waals surface area contributed by atoms with E-state index in [9.17, 15) is 12.8 Å². The van der Waals surface area contributed by atoms with Crippen LogP contribution in [0.15, 0.2) is 18.2 Å². The molecule has 0 radical (unpaired) electrons. The fourth-order valence-corrected chi connectivity index (χ4v) is 1.89. The lowest BCUT2D eigenvalue weighted by Crippen LogP contribution is -2.30. The van der Waals surface area contributed by atoms with Crippen LogP contribution in [0, 0.1) is 5.82 Å². The minimum absolute atomic E-state index is 0.170. The Kier molecular flexibility index (Phi) is 3.48. The normalized spacial score (nSPS) is 11.3. The Hall–Kier alpha value is -1.34. The van der Waals surface area contributed by atoms with Gasteiger partial charge in [0.2, 0.25) is 0 Å². The first-order valence-electron chi connectivity index (χ1n) is 4.27. The van der Waals surface area contributed by atoms with Gasteiger partial charge < -0.3 is 5.73 Å². The van der Waals surface area contributed by atoms with Crippen LogP contribution >= 0.6 is 0 Å². The molecule has 7 heteroatoms. The third kappa shape index (κ3) is 3.37. The summed E-state index contributed by atoms with van der Waals surface area (Å²) in [5.41, 5.74) is 5.51. The summed E-state index contributed by atoms with van der Waals surface area (Å²) in [6.07, 6.45) is 0. The SMILES string of the molecule is CCNS(=O)(=O)Nc1cc(N)ccc1F. The third-order valence-corrected chi connectivity index (χ3v) is 2.73. The van der Waals surface area contributed by atoms with Crippen molar-refractivity contribution < 1.29 is 12.8 Å². The monoisotopic (exact) mass is 233 g/mol. The quantitative estimate of drug-likeness (QED) is 0.668. The number of nitrogens with one attached hydrogen (secondary N) is 2. The van der Waals surface area contributed by atoms with Gasteiger partial charge in [-0.1, -0.05) is 6.92 Å².